The van der Waals surface area contributed by atoms with Gasteiger partial charge in [0.2, 0.25) is 5.91 Å². The number of nitrogens with zero attached hydrogens (tertiary/aromatic N) is 2. The Morgan fingerprint density at radius 2 is 1.68 bits per heavy atom. The molecule has 1 saturated heterocycles. The van der Waals surface area contributed by atoms with Crippen LogP contribution in [0.4, 0.5) is 4.79 Å². The van der Waals surface area contributed by atoms with Crippen molar-refractivity contribution in [3.05, 3.63) is 29.8 Å². The van der Waals surface area contributed by atoms with E-state index in [1.807, 2.05) is 31.2 Å². The Balaban J connectivity index is 1.62. The molecule has 0 saturated carbocycles. The van der Waals surface area contributed by atoms with Crippen LogP contribution in [-0.4, -0.2) is 67.1 Å². The zero-order valence-corrected chi connectivity index (χ0v) is 15.3. The Kier molecular flexibility index (Phi) is 7.85. The van der Waals surface area contributed by atoms with Gasteiger partial charge in [-0.3, -0.25) is 4.79 Å². The van der Waals surface area contributed by atoms with Crippen LogP contribution in [0.2, 0.25) is 0 Å². The molecule has 1 heterocycles. The molecule has 0 N–H and O–H groups in total. The van der Waals surface area contributed by atoms with E-state index in [2.05, 4.69) is 0 Å². The molecule has 6 nitrogen and oxygen atoms in total. The van der Waals surface area contributed by atoms with Gasteiger partial charge in [-0.25, -0.2) is 4.79 Å². The SMILES string of the molecule is Cc1ccc(OCCCC(=O)N2CCN(C(=O)OCCCl)CC2)cc1. The first-order valence-corrected chi connectivity index (χ1v) is 9.08. The van der Waals surface area contributed by atoms with Crippen LogP contribution in [0.5, 0.6) is 5.75 Å². The summed E-state index contributed by atoms with van der Waals surface area (Å²) in [5, 5.41) is 0. The maximum absolute atomic E-state index is 12.2. The van der Waals surface area contributed by atoms with Gasteiger partial charge < -0.3 is 19.3 Å². The lowest BCUT2D eigenvalue weighted by Crippen LogP contribution is -2.50. The molecular formula is C18H25ClN2O4. The highest BCUT2D eigenvalue weighted by molar-refractivity contribution is 6.18. The normalized spacial score (nSPS) is 14.3. The maximum atomic E-state index is 12.2. The number of benzene rings is 1. The summed E-state index contributed by atoms with van der Waals surface area (Å²) in [4.78, 5) is 27.3. The fourth-order valence-corrected chi connectivity index (χ4v) is 2.64. The molecule has 0 spiro atoms. The molecule has 0 bridgehead atoms. The van der Waals surface area contributed by atoms with Crippen molar-refractivity contribution in [2.75, 3.05) is 45.3 Å². The number of hydrogen-bond donors (Lipinski definition) is 0. The number of ether oxygens (including phenoxy) is 2. The second-order valence-electron chi connectivity index (χ2n) is 5.94. The third kappa shape index (κ3) is 6.46. The van der Waals surface area contributed by atoms with E-state index in [0.29, 0.717) is 45.6 Å². The molecule has 1 aromatic rings. The Hall–Kier alpha value is -1.95. The van der Waals surface area contributed by atoms with Crippen molar-refractivity contribution in [2.45, 2.75) is 19.8 Å². The standard InChI is InChI=1S/C18H25ClN2O4/c1-15-4-6-16(7-5-15)24-13-2-3-17(22)20-9-11-21(12-10-20)18(23)25-14-8-19/h4-7H,2-3,8-14H2,1H3. The summed E-state index contributed by atoms with van der Waals surface area (Å²) < 4.78 is 10.6. The van der Waals surface area contributed by atoms with Crippen molar-refractivity contribution in [3.8, 4) is 5.75 Å². The number of hydrogen-bond acceptors (Lipinski definition) is 4. The second-order valence-corrected chi connectivity index (χ2v) is 6.31. The Labute approximate surface area is 153 Å². The third-order valence-electron chi connectivity index (χ3n) is 4.02. The van der Waals surface area contributed by atoms with Crippen LogP contribution in [0, 0.1) is 6.92 Å². The van der Waals surface area contributed by atoms with Gasteiger partial charge in [-0.05, 0) is 25.5 Å². The summed E-state index contributed by atoms with van der Waals surface area (Å²) >= 11 is 5.50. The minimum atomic E-state index is -0.362. The number of amides is 2. The smallest absolute Gasteiger partial charge is 0.409 e. The molecule has 1 aliphatic heterocycles. The Morgan fingerprint density at radius 1 is 1.04 bits per heavy atom. The van der Waals surface area contributed by atoms with E-state index in [4.69, 9.17) is 21.1 Å². The van der Waals surface area contributed by atoms with E-state index in [1.165, 1.54) is 5.56 Å². The molecule has 1 aromatic carbocycles. The van der Waals surface area contributed by atoms with Gasteiger partial charge in [0.1, 0.15) is 12.4 Å². The fraction of sp³-hybridized carbons (Fsp3) is 0.556. The minimum absolute atomic E-state index is 0.0984. The summed E-state index contributed by atoms with van der Waals surface area (Å²) in [6, 6.07) is 7.86. The van der Waals surface area contributed by atoms with Crippen LogP contribution in [0.25, 0.3) is 0 Å². The number of rotatable bonds is 7. The number of aryl methyl sites for hydroxylation is 1. The van der Waals surface area contributed by atoms with Gasteiger partial charge in [0.15, 0.2) is 0 Å². The first-order valence-electron chi connectivity index (χ1n) is 8.55. The van der Waals surface area contributed by atoms with Gasteiger partial charge in [-0.15, -0.1) is 11.6 Å². The first-order chi connectivity index (χ1) is 12.1. The molecule has 0 aliphatic carbocycles. The zero-order valence-electron chi connectivity index (χ0n) is 14.6. The summed E-state index contributed by atoms with van der Waals surface area (Å²) in [5.41, 5.74) is 1.19. The predicted octanol–water partition coefficient (Wildman–Crippen LogP) is 2.67. The number of carbonyl (C=O) groups excluding carboxylic acids is 2. The van der Waals surface area contributed by atoms with Gasteiger partial charge in [-0.2, -0.15) is 0 Å². The second kappa shape index (κ2) is 10.1. The van der Waals surface area contributed by atoms with E-state index in [1.54, 1.807) is 9.80 Å². The van der Waals surface area contributed by atoms with Crippen LogP contribution in [0.1, 0.15) is 18.4 Å². The topological polar surface area (TPSA) is 59.1 Å². The lowest BCUT2D eigenvalue weighted by atomic mass is 10.2. The molecular weight excluding hydrogens is 344 g/mol. The van der Waals surface area contributed by atoms with Crippen LogP contribution < -0.4 is 4.74 Å². The number of alkyl halides is 1. The Morgan fingerprint density at radius 3 is 2.32 bits per heavy atom. The first kappa shape index (κ1) is 19.4. The number of halogens is 1. The minimum Gasteiger partial charge on any atom is -0.494 e. The van der Waals surface area contributed by atoms with Crippen LogP contribution in [-0.2, 0) is 9.53 Å². The van der Waals surface area contributed by atoms with Gasteiger partial charge >= 0.3 is 6.09 Å². The lowest BCUT2D eigenvalue weighted by molar-refractivity contribution is -0.133. The quantitative estimate of drug-likeness (QED) is 0.548. The molecule has 7 heteroatoms. The maximum Gasteiger partial charge on any atom is 0.409 e. The number of carbonyl (C=O) groups is 2. The molecule has 0 radical (unpaired) electrons. The van der Waals surface area contributed by atoms with Crippen LogP contribution >= 0.6 is 11.6 Å². The molecule has 0 aromatic heterocycles. The van der Waals surface area contributed by atoms with Crippen molar-refractivity contribution in [1.29, 1.82) is 0 Å². The van der Waals surface area contributed by atoms with Gasteiger partial charge in [0.05, 0.1) is 12.5 Å². The largest absolute Gasteiger partial charge is 0.494 e. The van der Waals surface area contributed by atoms with Crippen molar-refractivity contribution in [2.24, 2.45) is 0 Å². The summed E-state index contributed by atoms with van der Waals surface area (Å²) in [6.07, 6.45) is 0.756. The lowest BCUT2D eigenvalue weighted by Gasteiger charge is -2.34. The number of piperazine rings is 1. The molecule has 1 aliphatic rings. The average Bonchev–Trinajstić information content (AvgIpc) is 2.64. The monoisotopic (exact) mass is 368 g/mol. The molecule has 138 valence electrons. The van der Waals surface area contributed by atoms with Gasteiger partial charge in [-0.1, -0.05) is 17.7 Å². The molecule has 2 rings (SSSR count). The summed E-state index contributed by atoms with van der Waals surface area (Å²) in [5.74, 6) is 1.21. The van der Waals surface area contributed by atoms with E-state index >= 15 is 0 Å². The molecule has 0 atom stereocenters. The van der Waals surface area contributed by atoms with Crippen molar-refractivity contribution in [3.63, 3.8) is 0 Å². The summed E-state index contributed by atoms with van der Waals surface area (Å²) in [7, 11) is 0. The third-order valence-corrected chi connectivity index (χ3v) is 4.17. The van der Waals surface area contributed by atoms with Crippen LogP contribution in [0.15, 0.2) is 24.3 Å². The molecule has 25 heavy (non-hydrogen) atoms. The average molecular weight is 369 g/mol. The van der Waals surface area contributed by atoms with Crippen molar-refractivity contribution < 1.29 is 19.1 Å². The van der Waals surface area contributed by atoms with E-state index in [-0.39, 0.29) is 24.5 Å². The molecule has 2 amide bonds. The van der Waals surface area contributed by atoms with E-state index < -0.39 is 0 Å². The molecule has 1 fully saturated rings. The van der Waals surface area contributed by atoms with E-state index in [0.717, 1.165) is 5.75 Å². The van der Waals surface area contributed by atoms with E-state index in [9.17, 15) is 9.59 Å². The van der Waals surface area contributed by atoms with Gasteiger partial charge in [0, 0.05) is 32.6 Å². The van der Waals surface area contributed by atoms with Crippen LogP contribution in [0.3, 0.4) is 0 Å². The predicted molar refractivity (Wildman–Crippen MR) is 96.1 cm³/mol. The van der Waals surface area contributed by atoms with Crippen molar-refractivity contribution in [1.82, 2.24) is 9.80 Å². The van der Waals surface area contributed by atoms with Gasteiger partial charge in [0.25, 0.3) is 0 Å². The summed E-state index contributed by atoms with van der Waals surface area (Å²) in [6.45, 7) is 4.81. The highest BCUT2D eigenvalue weighted by atomic mass is 35.5. The zero-order chi connectivity index (χ0) is 18.1. The highest BCUT2D eigenvalue weighted by Crippen LogP contribution is 2.12. The van der Waals surface area contributed by atoms with Crippen molar-refractivity contribution >= 4 is 23.6 Å². The Bertz CT molecular complexity index is 557. The fourth-order valence-electron chi connectivity index (χ4n) is 2.56. The molecule has 0 unspecified atom stereocenters. The highest BCUT2D eigenvalue weighted by Gasteiger charge is 2.24.